The largest absolute Gasteiger partial charge is 0.353 e. The summed E-state index contributed by atoms with van der Waals surface area (Å²) in [6, 6.07) is 14.2. The Bertz CT molecular complexity index is 1380. The smallest absolute Gasteiger partial charge is 0.269 e. The number of aromatic nitrogens is 1. The van der Waals surface area contributed by atoms with E-state index in [4.69, 9.17) is 34.8 Å². The van der Waals surface area contributed by atoms with Crippen molar-refractivity contribution in [1.29, 1.82) is 0 Å². The lowest BCUT2D eigenvalue weighted by Gasteiger charge is -2.43. The minimum atomic E-state index is -0.366. The summed E-state index contributed by atoms with van der Waals surface area (Å²) < 4.78 is 0. The molecule has 0 bridgehead atoms. The van der Waals surface area contributed by atoms with Gasteiger partial charge < -0.3 is 10.2 Å². The maximum absolute atomic E-state index is 12.7. The monoisotopic (exact) mass is 618 g/mol. The molecule has 12 heteroatoms. The quantitative estimate of drug-likeness (QED) is 0.247. The molecule has 0 saturated carbocycles. The first-order valence-corrected chi connectivity index (χ1v) is 14.7. The lowest BCUT2D eigenvalue weighted by atomic mass is 10.0. The summed E-state index contributed by atoms with van der Waals surface area (Å²) in [7, 11) is 0. The highest BCUT2D eigenvalue weighted by Gasteiger charge is 2.28. The van der Waals surface area contributed by atoms with E-state index in [2.05, 4.69) is 25.0 Å². The first-order valence-electron chi connectivity index (χ1n) is 13.6. The first-order chi connectivity index (χ1) is 19.7. The number of non-ortho nitro benzene ring substituents is 1. The highest BCUT2D eigenvalue weighted by Crippen LogP contribution is 2.27. The molecule has 41 heavy (non-hydrogen) atoms. The summed E-state index contributed by atoms with van der Waals surface area (Å²) in [5, 5.41) is 15.2. The Morgan fingerprint density at radius 2 is 1.61 bits per heavy atom. The lowest BCUT2D eigenvalue weighted by molar-refractivity contribution is -0.384. The standard InChI is InChI=1S/C29H31Cl3N6O3.H2/c30-23-13-21(14-24(31)16-23)17-34-29(39)22-15-27(32)28(33-18-22)37-11-9-36(10-12-37)25-5-7-35(8-6-25)19-20-1-3-26(4-2-20)38(40)41;/h1-4,13-16,18,25H,5-12,17,19H2,(H,34,39);1H. The molecule has 0 unspecified atom stereocenters. The van der Waals surface area contributed by atoms with E-state index in [0.717, 1.165) is 69.8 Å². The molecule has 0 radical (unpaired) electrons. The summed E-state index contributed by atoms with van der Waals surface area (Å²) in [6.07, 6.45) is 3.75. The zero-order chi connectivity index (χ0) is 28.9. The van der Waals surface area contributed by atoms with Crippen LogP contribution in [0.4, 0.5) is 11.5 Å². The van der Waals surface area contributed by atoms with Crippen molar-refractivity contribution in [1.82, 2.24) is 20.1 Å². The lowest BCUT2D eigenvalue weighted by Crippen LogP contribution is -2.53. The van der Waals surface area contributed by atoms with Crippen LogP contribution >= 0.6 is 34.8 Å². The molecule has 0 atom stereocenters. The number of piperazine rings is 1. The fourth-order valence-electron chi connectivity index (χ4n) is 5.51. The van der Waals surface area contributed by atoms with Crippen LogP contribution in [0.25, 0.3) is 0 Å². The molecule has 2 aliphatic rings. The van der Waals surface area contributed by atoms with Crippen molar-refractivity contribution in [3.8, 4) is 0 Å². The molecular formula is C29H33Cl3N6O3. The van der Waals surface area contributed by atoms with Crippen molar-refractivity contribution in [3.05, 3.63) is 96.6 Å². The van der Waals surface area contributed by atoms with Crippen molar-refractivity contribution >= 4 is 52.2 Å². The summed E-state index contributed by atoms with van der Waals surface area (Å²) in [6.45, 7) is 6.59. The van der Waals surface area contributed by atoms with Gasteiger partial charge in [-0.15, -0.1) is 0 Å². The van der Waals surface area contributed by atoms with E-state index in [9.17, 15) is 14.9 Å². The Morgan fingerprint density at radius 3 is 2.22 bits per heavy atom. The van der Waals surface area contributed by atoms with Crippen molar-refractivity contribution in [2.24, 2.45) is 0 Å². The van der Waals surface area contributed by atoms with E-state index in [1.165, 1.54) is 0 Å². The molecule has 1 N–H and O–H groups in total. The number of nitrogens with zero attached hydrogens (tertiary/aromatic N) is 5. The number of nitro groups is 1. The maximum atomic E-state index is 12.7. The Balaban J connectivity index is 0.00000405. The number of nitro benzene ring substituents is 1. The Labute approximate surface area is 255 Å². The normalized spacial score (nSPS) is 17.0. The number of benzene rings is 2. The van der Waals surface area contributed by atoms with Crippen LogP contribution < -0.4 is 10.2 Å². The molecule has 2 aromatic carbocycles. The maximum Gasteiger partial charge on any atom is 0.269 e. The number of carbonyl (C=O) groups excluding carboxylic acids is 1. The molecule has 2 fully saturated rings. The van der Waals surface area contributed by atoms with Crippen LogP contribution in [0.15, 0.2) is 54.7 Å². The number of halogens is 3. The molecule has 3 heterocycles. The molecular weight excluding hydrogens is 587 g/mol. The van der Waals surface area contributed by atoms with Gasteiger partial charge >= 0.3 is 0 Å². The zero-order valence-electron chi connectivity index (χ0n) is 22.4. The molecule has 5 rings (SSSR count). The Hall–Kier alpha value is -2.95. The molecule has 2 aliphatic heterocycles. The van der Waals surface area contributed by atoms with Crippen LogP contribution in [0.5, 0.6) is 0 Å². The number of rotatable bonds is 8. The third-order valence-corrected chi connectivity index (χ3v) is 8.41. The average Bonchev–Trinajstić information content (AvgIpc) is 2.96. The number of nitrogens with one attached hydrogen (secondary N) is 1. The van der Waals surface area contributed by atoms with Crippen molar-refractivity contribution in [2.45, 2.75) is 32.0 Å². The van der Waals surface area contributed by atoms with Gasteiger partial charge in [-0.2, -0.15) is 0 Å². The molecule has 1 amide bonds. The van der Waals surface area contributed by atoms with Crippen LogP contribution in [-0.4, -0.2) is 70.9 Å². The van der Waals surface area contributed by atoms with Gasteiger partial charge in [0.25, 0.3) is 11.6 Å². The summed E-state index contributed by atoms with van der Waals surface area (Å²) >= 11 is 18.7. The van der Waals surface area contributed by atoms with Crippen LogP contribution in [0.3, 0.4) is 0 Å². The molecule has 1 aromatic heterocycles. The van der Waals surface area contributed by atoms with Gasteiger partial charge in [0.05, 0.1) is 15.5 Å². The predicted octanol–water partition coefficient (Wildman–Crippen LogP) is 5.91. The van der Waals surface area contributed by atoms with Crippen molar-refractivity contribution < 1.29 is 11.1 Å². The Morgan fingerprint density at radius 1 is 0.951 bits per heavy atom. The van der Waals surface area contributed by atoms with Crippen LogP contribution in [0.2, 0.25) is 15.1 Å². The molecule has 0 aliphatic carbocycles. The number of hydrogen-bond donors (Lipinski definition) is 1. The van der Waals surface area contributed by atoms with Gasteiger partial charge in [0.15, 0.2) is 0 Å². The van der Waals surface area contributed by atoms with E-state index >= 15 is 0 Å². The summed E-state index contributed by atoms with van der Waals surface area (Å²) in [4.78, 5) is 34.9. The third-order valence-electron chi connectivity index (χ3n) is 7.70. The zero-order valence-corrected chi connectivity index (χ0v) is 24.7. The number of pyridine rings is 1. The number of anilines is 1. The van der Waals surface area contributed by atoms with E-state index in [0.29, 0.717) is 32.5 Å². The molecule has 2 saturated heterocycles. The number of hydrogen-bond acceptors (Lipinski definition) is 7. The first kappa shape index (κ1) is 29.5. The number of amides is 1. The highest BCUT2D eigenvalue weighted by atomic mass is 35.5. The second-order valence-corrected chi connectivity index (χ2v) is 11.7. The van der Waals surface area contributed by atoms with Gasteiger partial charge in [-0.1, -0.05) is 46.9 Å². The SMILES string of the molecule is O=C(NCc1cc(Cl)cc(Cl)c1)c1cnc(N2CCN(C3CCN(Cc4ccc([N+](=O)[O-])cc4)CC3)CC2)c(Cl)c1.[HH]. The Kier molecular flexibility index (Phi) is 9.62. The van der Waals surface area contributed by atoms with Crippen LogP contribution in [0.1, 0.15) is 35.8 Å². The van der Waals surface area contributed by atoms with Gasteiger partial charge in [0.1, 0.15) is 5.82 Å². The van der Waals surface area contributed by atoms with Gasteiger partial charge in [0, 0.05) is 75.1 Å². The fourth-order valence-corrected chi connectivity index (χ4v) is 6.36. The number of likely N-dealkylation sites (tertiary alicyclic amines) is 1. The minimum Gasteiger partial charge on any atom is -0.353 e. The van der Waals surface area contributed by atoms with Gasteiger partial charge in [-0.3, -0.25) is 24.7 Å². The topological polar surface area (TPSA) is 94.9 Å². The minimum absolute atomic E-state index is 0. The van der Waals surface area contributed by atoms with Gasteiger partial charge in [-0.05, 0) is 61.3 Å². The molecule has 218 valence electrons. The average molecular weight is 620 g/mol. The predicted molar refractivity (Wildman–Crippen MR) is 164 cm³/mol. The molecule has 9 nitrogen and oxygen atoms in total. The molecule has 3 aromatic rings. The number of piperidine rings is 1. The second kappa shape index (κ2) is 13.4. The van der Waals surface area contributed by atoms with Crippen LogP contribution in [0, 0.1) is 10.1 Å². The van der Waals surface area contributed by atoms with E-state index in [-0.39, 0.29) is 24.5 Å². The molecule has 0 spiro atoms. The van der Waals surface area contributed by atoms with Gasteiger partial charge in [0.2, 0.25) is 0 Å². The summed E-state index contributed by atoms with van der Waals surface area (Å²) in [5.41, 5.74) is 2.42. The third kappa shape index (κ3) is 7.67. The highest BCUT2D eigenvalue weighted by molar-refractivity contribution is 6.34. The van der Waals surface area contributed by atoms with Crippen molar-refractivity contribution in [3.63, 3.8) is 0 Å². The number of carbonyl (C=O) groups is 1. The fraction of sp³-hybridized carbons (Fsp3) is 0.379. The van der Waals surface area contributed by atoms with E-state index in [1.807, 2.05) is 12.1 Å². The van der Waals surface area contributed by atoms with E-state index in [1.54, 1.807) is 42.6 Å². The van der Waals surface area contributed by atoms with E-state index < -0.39 is 0 Å². The summed E-state index contributed by atoms with van der Waals surface area (Å²) in [5.74, 6) is 0.425. The van der Waals surface area contributed by atoms with Crippen molar-refractivity contribution in [2.75, 3.05) is 44.2 Å². The van der Waals surface area contributed by atoms with Gasteiger partial charge in [-0.25, -0.2) is 4.98 Å². The second-order valence-electron chi connectivity index (χ2n) is 10.4. The van der Waals surface area contributed by atoms with Crippen LogP contribution in [-0.2, 0) is 13.1 Å².